The van der Waals surface area contributed by atoms with Crippen molar-refractivity contribution < 1.29 is 17.6 Å². The normalized spacial score (nSPS) is 11.9. The minimum atomic E-state index is -4.67. The van der Waals surface area contributed by atoms with Crippen LogP contribution in [0.4, 0.5) is 29.1 Å². The summed E-state index contributed by atoms with van der Waals surface area (Å²) in [7, 11) is 0. The lowest BCUT2D eigenvalue weighted by Gasteiger charge is -2.08. The van der Waals surface area contributed by atoms with E-state index in [2.05, 4.69) is 20.6 Å². The number of halogens is 4. The van der Waals surface area contributed by atoms with Gasteiger partial charge in [-0.1, -0.05) is 6.07 Å². The first kappa shape index (κ1) is 14.2. The van der Waals surface area contributed by atoms with Gasteiger partial charge in [-0.2, -0.15) is 17.7 Å². The molecule has 9 heteroatoms. The van der Waals surface area contributed by atoms with Gasteiger partial charge in [0.05, 0.1) is 0 Å². The number of nitrogens with one attached hydrogen (secondary N) is 1. The van der Waals surface area contributed by atoms with Crippen molar-refractivity contribution in [2.75, 3.05) is 5.32 Å². The highest BCUT2D eigenvalue weighted by atomic mass is 19.4. The Morgan fingerprint density at radius 2 is 1.86 bits per heavy atom. The van der Waals surface area contributed by atoms with E-state index in [1.54, 1.807) is 19.1 Å². The quantitative estimate of drug-likeness (QED) is 0.738. The molecule has 0 unspecified atom stereocenters. The van der Waals surface area contributed by atoms with E-state index in [1.165, 1.54) is 18.2 Å². The van der Waals surface area contributed by atoms with Crippen molar-refractivity contribution >= 4 is 17.2 Å². The maximum atomic E-state index is 13.5. The van der Waals surface area contributed by atoms with E-state index < -0.39 is 17.8 Å². The summed E-state index contributed by atoms with van der Waals surface area (Å²) in [5, 5.41) is 13.0. The summed E-state index contributed by atoms with van der Waals surface area (Å²) < 4.78 is 52.4. The zero-order valence-electron chi connectivity index (χ0n) is 11.2. The molecule has 0 saturated heterocycles. The van der Waals surface area contributed by atoms with Crippen molar-refractivity contribution in [2.45, 2.75) is 13.1 Å². The summed E-state index contributed by atoms with van der Waals surface area (Å²) in [4.78, 5) is 0. The van der Waals surface area contributed by atoms with Crippen LogP contribution in [0.3, 0.4) is 0 Å². The Hall–Kier alpha value is -2.71. The third-order valence-electron chi connectivity index (χ3n) is 2.96. The zero-order chi connectivity index (χ0) is 15.9. The molecule has 0 atom stereocenters. The second-order valence-electron chi connectivity index (χ2n) is 4.60. The van der Waals surface area contributed by atoms with Gasteiger partial charge in [-0.15, -0.1) is 15.3 Å². The largest absolute Gasteiger partial charge is 0.453 e. The van der Waals surface area contributed by atoms with Gasteiger partial charge >= 0.3 is 6.18 Å². The fraction of sp³-hybridized carbons (Fsp3) is 0.154. The van der Waals surface area contributed by atoms with Gasteiger partial charge in [0.15, 0.2) is 11.5 Å². The fourth-order valence-electron chi connectivity index (χ4n) is 1.85. The van der Waals surface area contributed by atoms with Crippen LogP contribution in [0.2, 0.25) is 0 Å². The minimum absolute atomic E-state index is 0.0343. The molecule has 2 heterocycles. The fourth-order valence-corrected chi connectivity index (χ4v) is 1.85. The molecule has 0 amide bonds. The van der Waals surface area contributed by atoms with Gasteiger partial charge in [0.2, 0.25) is 0 Å². The maximum Gasteiger partial charge on any atom is 0.453 e. The van der Waals surface area contributed by atoms with Crippen LogP contribution in [0.1, 0.15) is 11.4 Å². The van der Waals surface area contributed by atoms with Crippen molar-refractivity contribution in [3.63, 3.8) is 0 Å². The smallest absolute Gasteiger partial charge is 0.339 e. The molecule has 0 spiro atoms. The lowest BCUT2D eigenvalue weighted by atomic mass is 10.2. The molecule has 3 aromatic rings. The van der Waals surface area contributed by atoms with Gasteiger partial charge in [0.25, 0.3) is 5.82 Å². The predicted molar refractivity (Wildman–Crippen MR) is 70.2 cm³/mol. The van der Waals surface area contributed by atoms with E-state index in [1.807, 2.05) is 0 Å². The molecule has 2 aromatic heterocycles. The molecule has 0 aliphatic heterocycles. The van der Waals surface area contributed by atoms with Gasteiger partial charge in [-0.3, -0.25) is 0 Å². The van der Waals surface area contributed by atoms with E-state index in [0.29, 0.717) is 15.8 Å². The van der Waals surface area contributed by atoms with E-state index in [-0.39, 0.29) is 11.5 Å². The molecule has 0 radical (unpaired) electrons. The van der Waals surface area contributed by atoms with Crippen molar-refractivity contribution in [1.82, 2.24) is 19.8 Å². The van der Waals surface area contributed by atoms with Crippen molar-refractivity contribution in [2.24, 2.45) is 0 Å². The summed E-state index contributed by atoms with van der Waals surface area (Å²) in [6.45, 7) is 1.61. The Labute approximate surface area is 121 Å². The molecule has 114 valence electrons. The molecule has 3 rings (SSSR count). The molecule has 22 heavy (non-hydrogen) atoms. The Morgan fingerprint density at radius 3 is 2.55 bits per heavy atom. The number of hydrogen-bond acceptors (Lipinski definition) is 4. The monoisotopic (exact) mass is 311 g/mol. The molecule has 0 aliphatic carbocycles. The number of anilines is 2. The van der Waals surface area contributed by atoms with Gasteiger partial charge in [0, 0.05) is 5.69 Å². The second kappa shape index (κ2) is 4.93. The standard InChI is InChI=1S/C13H9F4N5/c1-7-2-3-8(6-9(7)14)18-10-4-5-11-19-20-12(13(15,16)17)22(11)21-10/h2-6H,1H3,(H,18,21). The summed E-state index contributed by atoms with van der Waals surface area (Å²) >= 11 is 0. The van der Waals surface area contributed by atoms with Crippen LogP contribution in [0.5, 0.6) is 0 Å². The number of hydrogen-bond donors (Lipinski definition) is 1. The van der Waals surface area contributed by atoms with Crippen LogP contribution in [-0.4, -0.2) is 19.8 Å². The third-order valence-corrected chi connectivity index (χ3v) is 2.96. The molecule has 0 aliphatic rings. The van der Waals surface area contributed by atoms with Crippen LogP contribution >= 0.6 is 0 Å². The summed E-state index contributed by atoms with van der Waals surface area (Å²) in [5.74, 6) is -1.53. The molecule has 1 N–H and O–H groups in total. The van der Waals surface area contributed by atoms with Crippen LogP contribution < -0.4 is 5.32 Å². The zero-order valence-corrected chi connectivity index (χ0v) is 11.2. The number of alkyl halides is 3. The van der Waals surface area contributed by atoms with E-state index >= 15 is 0 Å². The summed E-state index contributed by atoms with van der Waals surface area (Å²) in [6, 6.07) is 7.15. The van der Waals surface area contributed by atoms with Crippen LogP contribution in [0.25, 0.3) is 5.65 Å². The van der Waals surface area contributed by atoms with E-state index in [4.69, 9.17) is 0 Å². The summed E-state index contributed by atoms with van der Waals surface area (Å²) in [5.41, 5.74) is 0.802. The van der Waals surface area contributed by atoms with Gasteiger partial charge in [0.1, 0.15) is 5.82 Å². The highest BCUT2D eigenvalue weighted by Crippen LogP contribution is 2.28. The van der Waals surface area contributed by atoms with Crippen molar-refractivity contribution in [3.8, 4) is 0 Å². The Morgan fingerprint density at radius 1 is 1.09 bits per heavy atom. The third kappa shape index (κ3) is 2.57. The van der Waals surface area contributed by atoms with E-state index in [0.717, 1.165) is 0 Å². The van der Waals surface area contributed by atoms with Gasteiger partial charge in [-0.05, 0) is 36.8 Å². The number of benzene rings is 1. The lowest BCUT2D eigenvalue weighted by Crippen LogP contribution is -2.13. The number of nitrogens with zero attached hydrogens (tertiary/aromatic N) is 4. The highest BCUT2D eigenvalue weighted by Gasteiger charge is 2.37. The van der Waals surface area contributed by atoms with Gasteiger partial charge < -0.3 is 5.32 Å². The molecule has 0 saturated carbocycles. The molecular formula is C13H9F4N5. The second-order valence-corrected chi connectivity index (χ2v) is 4.60. The molecule has 0 fully saturated rings. The van der Waals surface area contributed by atoms with Crippen LogP contribution in [0, 0.1) is 12.7 Å². The lowest BCUT2D eigenvalue weighted by molar-refractivity contribution is -0.146. The first-order chi connectivity index (χ1) is 10.3. The summed E-state index contributed by atoms with van der Waals surface area (Å²) in [6.07, 6.45) is -4.67. The highest BCUT2D eigenvalue weighted by molar-refractivity contribution is 5.57. The SMILES string of the molecule is Cc1ccc(Nc2ccc3nnc(C(F)(F)F)n3n2)cc1F. The molecule has 1 aromatic carbocycles. The average molecular weight is 311 g/mol. The number of fused-ring (bicyclic) bond motifs is 1. The molecular weight excluding hydrogens is 302 g/mol. The number of aromatic nitrogens is 4. The van der Waals surface area contributed by atoms with Crippen LogP contribution in [-0.2, 0) is 6.18 Å². The van der Waals surface area contributed by atoms with Crippen molar-refractivity contribution in [3.05, 3.63) is 47.5 Å². The minimum Gasteiger partial charge on any atom is -0.339 e. The number of aryl methyl sites for hydroxylation is 1. The first-order valence-electron chi connectivity index (χ1n) is 6.17. The van der Waals surface area contributed by atoms with Gasteiger partial charge in [-0.25, -0.2) is 4.39 Å². The average Bonchev–Trinajstić information content (AvgIpc) is 2.86. The molecule has 0 bridgehead atoms. The Kier molecular flexibility index (Phi) is 3.19. The Bertz CT molecular complexity index is 840. The number of rotatable bonds is 2. The first-order valence-corrected chi connectivity index (χ1v) is 6.17. The van der Waals surface area contributed by atoms with E-state index in [9.17, 15) is 17.6 Å². The molecule has 5 nitrogen and oxygen atoms in total. The topological polar surface area (TPSA) is 55.1 Å². The van der Waals surface area contributed by atoms with Crippen molar-refractivity contribution in [1.29, 1.82) is 0 Å². The van der Waals surface area contributed by atoms with Crippen LogP contribution in [0.15, 0.2) is 30.3 Å². The maximum absolute atomic E-state index is 13.5. The predicted octanol–water partition coefficient (Wildman–Crippen LogP) is 3.33. The Balaban J connectivity index is 1.99.